The number of nitrogens with zero attached hydrogens (tertiary/aromatic N) is 2. The Morgan fingerprint density at radius 3 is 1.83 bits per heavy atom. The Balaban J connectivity index is 1.04. The van der Waals surface area contributed by atoms with Gasteiger partial charge in [-0.3, -0.25) is 0 Å². The first kappa shape index (κ1) is 33.3. The van der Waals surface area contributed by atoms with E-state index in [9.17, 15) is 0 Å². The Labute approximate surface area is 341 Å². The molecule has 0 aliphatic rings. The number of pyridine rings is 1. The maximum atomic E-state index is 6.66. The van der Waals surface area contributed by atoms with Crippen molar-refractivity contribution in [1.82, 2.24) is 4.40 Å². The molecule has 9 aromatic carbocycles. The van der Waals surface area contributed by atoms with Gasteiger partial charge in [0.2, 0.25) is 0 Å². The lowest BCUT2D eigenvalue weighted by Gasteiger charge is -2.27. The molecule has 0 saturated carbocycles. The van der Waals surface area contributed by atoms with Gasteiger partial charge < -0.3 is 13.7 Å². The van der Waals surface area contributed by atoms with Crippen molar-refractivity contribution in [3.8, 4) is 33.4 Å². The largest absolute Gasteiger partial charge is 0.456 e. The standard InChI is InChI=1S/C56H36N2O/c1-3-14-37(15-4-1)41-27-31-47-48-32-30-44(36-53(48)59-52(47)35-41)58(50-24-13-20-38-16-7-9-21-45(38)50)43-28-25-39(26-29-43)49-34-42-19-8-10-22-46(42)55-54(40-17-5-2-6-18-40)51-23-11-12-33-57(51)56(49)55/h1-36H. The van der Waals surface area contributed by atoms with Crippen molar-refractivity contribution < 1.29 is 4.42 Å². The second-order valence-corrected chi connectivity index (χ2v) is 15.3. The number of hydrogen-bond acceptors (Lipinski definition) is 2. The Morgan fingerprint density at radius 2 is 1.02 bits per heavy atom. The highest BCUT2D eigenvalue weighted by Crippen LogP contribution is 2.46. The molecule has 3 nitrogen and oxygen atoms in total. The predicted molar refractivity (Wildman–Crippen MR) is 248 cm³/mol. The number of fused-ring (bicyclic) bond motifs is 9. The van der Waals surface area contributed by atoms with E-state index in [4.69, 9.17) is 4.42 Å². The van der Waals surface area contributed by atoms with Gasteiger partial charge in [-0.25, -0.2) is 0 Å². The van der Waals surface area contributed by atoms with Crippen LogP contribution in [0.1, 0.15) is 0 Å². The van der Waals surface area contributed by atoms with Crippen molar-refractivity contribution >= 4 is 77.0 Å². The second kappa shape index (κ2) is 13.4. The third-order valence-electron chi connectivity index (χ3n) is 12.0. The van der Waals surface area contributed by atoms with E-state index in [1.165, 1.54) is 60.2 Å². The third kappa shape index (κ3) is 5.36. The van der Waals surface area contributed by atoms with Crippen LogP contribution in [0.5, 0.6) is 0 Å². The van der Waals surface area contributed by atoms with Gasteiger partial charge in [-0.15, -0.1) is 0 Å². The molecule has 0 aliphatic carbocycles. The Morgan fingerprint density at radius 1 is 0.390 bits per heavy atom. The first-order valence-corrected chi connectivity index (χ1v) is 20.2. The molecule has 0 amide bonds. The summed E-state index contributed by atoms with van der Waals surface area (Å²) in [4.78, 5) is 2.37. The van der Waals surface area contributed by atoms with E-state index >= 15 is 0 Å². The molecule has 3 heterocycles. The van der Waals surface area contributed by atoms with Crippen molar-refractivity contribution in [2.45, 2.75) is 0 Å². The lowest BCUT2D eigenvalue weighted by Crippen LogP contribution is -2.10. The molecule has 0 N–H and O–H groups in total. The number of anilines is 3. The van der Waals surface area contributed by atoms with Crippen LogP contribution in [0.15, 0.2) is 223 Å². The van der Waals surface area contributed by atoms with Crippen LogP contribution in [0.4, 0.5) is 17.1 Å². The van der Waals surface area contributed by atoms with Crippen LogP contribution >= 0.6 is 0 Å². The van der Waals surface area contributed by atoms with Crippen LogP contribution in [-0.2, 0) is 0 Å². The van der Waals surface area contributed by atoms with E-state index in [1.54, 1.807) is 0 Å². The maximum Gasteiger partial charge on any atom is 0.137 e. The SMILES string of the molecule is c1ccc(-c2ccc3c(c2)oc2cc(N(c4ccc(-c5cc6ccccc6c6c(-c7ccccc7)c7ccccn7c56)cc4)c4cccc5ccccc45)ccc23)cc1. The van der Waals surface area contributed by atoms with Crippen LogP contribution in [-0.4, -0.2) is 4.40 Å². The van der Waals surface area contributed by atoms with Crippen LogP contribution < -0.4 is 4.90 Å². The minimum absolute atomic E-state index is 0.859. The number of hydrogen-bond donors (Lipinski definition) is 0. The molecule has 59 heavy (non-hydrogen) atoms. The Hall–Kier alpha value is -7.88. The van der Waals surface area contributed by atoms with E-state index in [0.717, 1.165) is 50.1 Å². The monoisotopic (exact) mass is 752 g/mol. The lowest BCUT2D eigenvalue weighted by atomic mass is 9.93. The van der Waals surface area contributed by atoms with Gasteiger partial charge in [0, 0.05) is 56.3 Å². The molecule has 0 atom stereocenters. The molecule has 0 bridgehead atoms. The molecule has 0 fully saturated rings. The number of benzene rings is 9. The van der Waals surface area contributed by atoms with Crippen LogP contribution in [0.25, 0.3) is 93.3 Å². The summed E-state index contributed by atoms with van der Waals surface area (Å²) in [5, 5.41) is 8.34. The quantitative estimate of drug-likeness (QED) is 0.169. The highest BCUT2D eigenvalue weighted by molar-refractivity contribution is 6.22. The molecular formula is C56H36N2O. The smallest absolute Gasteiger partial charge is 0.137 e. The molecule has 0 radical (unpaired) electrons. The van der Waals surface area contributed by atoms with Crippen LogP contribution in [0.2, 0.25) is 0 Å². The minimum atomic E-state index is 0.859. The third-order valence-corrected chi connectivity index (χ3v) is 12.0. The molecule has 3 aromatic heterocycles. The topological polar surface area (TPSA) is 20.8 Å². The molecule has 0 aliphatic heterocycles. The van der Waals surface area contributed by atoms with Gasteiger partial charge >= 0.3 is 0 Å². The van der Waals surface area contributed by atoms with Gasteiger partial charge in [0.05, 0.1) is 16.7 Å². The maximum absolute atomic E-state index is 6.66. The van der Waals surface area contributed by atoms with E-state index in [2.05, 4.69) is 222 Å². The Kier molecular flexibility index (Phi) is 7.54. The summed E-state index contributed by atoms with van der Waals surface area (Å²) in [6.45, 7) is 0. The zero-order chi connectivity index (χ0) is 38.9. The average molecular weight is 753 g/mol. The van der Waals surface area contributed by atoms with Crippen molar-refractivity contribution in [3.05, 3.63) is 219 Å². The second-order valence-electron chi connectivity index (χ2n) is 15.3. The summed E-state index contributed by atoms with van der Waals surface area (Å²) >= 11 is 0. The van der Waals surface area contributed by atoms with Crippen molar-refractivity contribution in [2.75, 3.05) is 4.90 Å². The summed E-state index contributed by atoms with van der Waals surface area (Å²) in [5.41, 5.74) is 14.5. The van der Waals surface area contributed by atoms with Gasteiger partial charge in [0.25, 0.3) is 0 Å². The van der Waals surface area contributed by atoms with E-state index in [-0.39, 0.29) is 0 Å². The fraction of sp³-hybridized carbons (Fsp3) is 0. The van der Waals surface area contributed by atoms with Crippen molar-refractivity contribution in [2.24, 2.45) is 0 Å². The zero-order valence-corrected chi connectivity index (χ0v) is 32.1. The molecular weight excluding hydrogens is 717 g/mol. The lowest BCUT2D eigenvalue weighted by molar-refractivity contribution is 0.669. The molecule has 12 rings (SSSR count). The van der Waals surface area contributed by atoms with Crippen LogP contribution in [0.3, 0.4) is 0 Å². The minimum Gasteiger partial charge on any atom is -0.456 e. The normalized spacial score (nSPS) is 11.7. The van der Waals surface area contributed by atoms with E-state index in [0.29, 0.717) is 0 Å². The summed E-state index contributed by atoms with van der Waals surface area (Å²) < 4.78 is 9.03. The fourth-order valence-electron chi connectivity index (χ4n) is 9.26. The molecule has 3 heteroatoms. The van der Waals surface area contributed by atoms with Crippen LogP contribution in [0, 0.1) is 0 Å². The van der Waals surface area contributed by atoms with E-state index in [1.807, 2.05) is 6.07 Å². The summed E-state index contributed by atoms with van der Waals surface area (Å²) in [6, 6.07) is 76.4. The highest BCUT2D eigenvalue weighted by Gasteiger charge is 2.22. The number of rotatable bonds is 6. The predicted octanol–water partition coefficient (Wildman–Crippen LogP) is 15.8. The van der Waals surface area contributed by atoms with Gasteiger partial charge in [0.15, 0.2) is 0 Å². The van der Waals surface area contributed by atoms with Gasteiger partial charge in [-0.2, -0.15) is 0 Å². The molecule has 0 saturated heterocycles. The number of furan rings is 1. The average Bonchev–Trinajstić information content (AvgIpc) is 3.85. The fourth-order valence-corrected chi connectivity index (χ4v) is 9.26. The van der Waals surface area contributed by atoms with Crippen molar-refractivity contribution in [3.63, 3.8) is 0 Å². The first-order chi connectivity index (χ1) is 29.3. The van der Waals surface area contributed by atoms with Gasteiger partial charge in [-0.1, -0.05) is 146 Å². The van der Waals surface area contributed by atoms with Gasteiger partial charge in [-0.05, 0) is 99.1 Å². The molecule has 0 unspecified atom stereocenters. The highest BCUT2D eigenvalue weighted by atomic mass is 16.3. The van der Waals surface area contributed by atoms with Gasteiger partial charge in [0.1, 0.15) is 11.2 Å². The summed E-state index contributed by atoms with van der Waals surface area (Å²) in [5.74, 6) is 0. The Bertz CT molecular complexity index is 3540. The summed E-state index contributed by atoms with van der Waals surface area (Å²) in [7, 11) is 0. The van der Waals surface area contributed by atoms with Crippen molar-refractivity contribution in [1.29, 1.82) is 0 Å². The van der Waals surface area contributed by atoms with E-state index < -0.39 is 0 Å². The molecule has 276 valence electrons. The first-order valence-electron chi connectivity index (χ1n) is 20.2. The molecule has 0 spiro atoms. The zero-order valence-electron chi connectivity index (χ0n) is 32.1. The molecule has 12 aromatic rings. The summed E-state index contributed by atoms with van der Waals surface area (Å²) in [6.07, 6.45) is 2.20. The number of aromatic nitrogens is 1.